The van der Waals surface area contributed by atoms with Gasteiger partial charge in [-0.2, -0.15) is 5.10 Å². The zero-order valence-corrected chi connectivity index (χ0v) is 17.5. The number of aliphatic hydroxyl groups is 1. The van der Waals surface area contributed by atoms with Gasteiger partial charge in [0, 0.05) is 23.7 Å². The first kappa shape index (κ1) is 21.1. The Morgan fingerprint density at radius 3 is 2.68 bits per heavy atom. The molecule has 3 aromatic carbocycles. The van der Waals surface area contributed by atoms with Crippen molar-refractivity contribution in [1.29, 1.82) is 0 Å². The van der Waals surface area contributed by atoms with Crippen LogP contribution in [-0.4, -0.2) is 28.4 Å². The Labute approximate surface area is 185 Å². The van der Waals surface area contributed by atoms with Crippen LogP contribution in [0, 0.1) is 5.82 Å². The highest BCUT2D eigenvalue weighted by Gasteiger charge is 2.31. The number of anilines is 1. The number of aliphatic hydroxyl groups excluding tert-OH is 1. The lowest BCUT2D eigenvalue weighted by Gasteiger charge is -2.23. The molecule has 0 amide bonds. The third kappa shape index (κ3) is 3.72. The number of rotatable bonds is 5. The van der Waals surface area contributed by atoms with E-state index in [9.17, 15) is 9.50 Å². The van der Waals surface area contributed by atoms with Crippen LogP contribution in [0.15, 0.2) is 72.0 Å². The molecule has 0 aliphatic carbocycles. The molecule has 6 nitrogen and oxygen atoms in total. The molecule has 1 aliphatic heterocycles. The summed E-state index contributed by atoms with van der Waals surface area (Å²) in [7, 11) is 0. The molecule has 4 N–H and O–H groups in total. The molecule has 5 rings (SSSR count). The lowest BCUT2D eigenvalue weighted by atomic mass is 10.1. The van der Waals surface area contributed by atoms with Crippen molar-refractivity contribution >= 4 is 45.6 Å². The zero-order valence-electron chi connectivity index (χ0n) is 16.7. The van der Waals surface area contributed by atoms with Crippen molar-refractivity contribution in [3.05, 3.63) is 78.2 Å². The molecule has 0 saturated heterocycles. The zero-order chi connectivity index (χ0) is 20.7. The van der Waals surface area contributed by atoms with Crippen LogP contribution in [0.25, 0.3) is 21.7 Å². The van der Waals surface area contributed by atoms with Gasteiger partial charge in [0.2, 0.25) is 6.35 Å². The van der Waals surface area contributed by atoms with Crippen molar-refractivity contribution in [3.8, 4) is 0 Å². The summed E-state index contributed by atoms with van der Waals surface area (Å²) in [6, 6.07) is 18.8. The molecule has 1 aliphatic rings. The van der Waals surface area contributed by atoms with E-state index in [2.05, 4.69) is 10.5 Å². The summed E-state index contributed by atoms with van der Waals surface area (Å²) in [6.45, 7) is 1.27. The Hall–Kier alpha value is -3.13. The number of fused-ring (bicyclic) bond motifs is 2. The topological polar surface area (TPSA) is 78.8 Å². The summed E-state index contributed by atoms with van der Waals surface area (Å²) >= 11 is 0. The predicted octanol–water partition coefficient (Wildman–Crippen LogP) is 3.75. The maximum Gasteiger partial charge on any atom is 0.226 e. The van der Waals surface area contributed by atoms with Gasteiger partial charge < -0.3 is 15.4 Å². The second-order valence-electron chi connectivity index (χ2n) is 7.38. The van der Waals surface area contributed by atoms with Crippen molar-refractivity contribution < 1.29 is 9.50 Å². The lowest BCUT2D eigenvalue weighted by molar-refractivity contribution is 0.159. The molecular weight excluding hydrogens is 417 g/mol. The normalized spacial score (nSPS) is 15.8. The third-order valence-corrected chi connectivity index (χ3v) is 5.45. The Bertz CT molecular complexity index is 1270. The van der Waals surface area contributed by atoms with Gasteiger partial charge in [0.15, 0.2) is 5.84 Å². The molecule has 31 heavy (non-hydrogen) atoms. The number of nitrogens with two attached hydrogens (primary N) is 1. The maximum absolute atomic E-state index is 14.1. The van der Waals surface area contributed by atoms with Crippen LogP contribution in [0.5, 0.6) is 0 Å². The Kier molecular flexibility index (Phi) is 5.82. The van der Waals surface area contributed by atoms with Crippen LogP contribution < -0.4 is 16.1 Å². The van der Waals surface area contributed by atoms with E-state index in [1.165, 1.54) is 12.1 Å². The molecule has 2 heterocycles. The van der Waals surface area contributed by atoms with Gasteiger partial charge >= 0.3 is 0 Å². The number of nitrogens with zero attached hydrogens (tertiary/aromatic N) is 3. The number of hydrazone groups is 1. The van der Waals surface area contributed by atoms with E-state index in [-0.39, 0.29) is 18.2 Å². The fourth-order valence-corrected chi connectivity index (χ4v) is 4.01. The summed E-state index contributed by atoms with van der Waals surface area (Å²) in [6.07, 6.45) is 1.67. The highest BCUT2D eigenvalue weighted by molar-refractivity contribution is 6.15. The van der Waals surface area contributed by atoms with Crippen LogP contribution in [0.4, 0.5) is 10.1 Å². The number of aromatic nitrogens is 1. The van der Waals surface area contributed by atoms with Crippen LogP contribution in [0.2, 0.25) is 0 Å². The van der Waals surface area contributed by atoms with Gasteiger partial charge in [0.1, 0.15) is 5.82 Å². The van der Waals surface area contributed by atoms with Crippen LogP contribution in [0.3, 0.4) is 0 Å². The molecule has 0 saturated carbocycles. The molecule has 8 heteroatoms. The molecule has 1 unspecified atom stereocenters. The average Bonchev–Trinajstić information content (AvgIpc) is 3.31. The van der Waals surface area contributed by atoms with Gasteiger partial charge in [-0.1, -0.05) is 36.4 Å². The highest BCUT2D eigenvalue weighted by atomic mass is 35.5. The van der Waals surface area contributed by atoms with Crippen LogP contribution >= 0.6 is 12.4 Å². The first-order chi connectivity index (χ1) is 14.7. The van der Waals surface area contributed by atoms with Gasteiger partial charge in [-0.3, -0.25) is 10.3 Å². The van der Waals surface area contributed by atoms with Crippen LogP contribution in [0.1, 0.15) is 12.0 Å². The van der Waals surface area contributed by atoms with E-state index in [4.69, 9.17) is 5.73 Å². The highest BCUT2D eigenvalue weighted by Crippen LogP contribution is 2.33. The number of aryl methyl sites for hydroxylation is 1. The second kappa shape index (κ2) is 8.55. The van der Waals surface area contributed by atoms with Crippen molar-refractivity contribution in [2.45, 2.75) is 19.3 Å². The van der Waals surface area contributed by atoms with Crippen LogP contribution in [-0.2, 0) is 6.54 Å². The molecule has 0 radical (unpaired) electrons. The van der Waals surface area contributed by atoms with E-state index < -0.39 is 6.35 Å². The minimum Gasteiger partial charge on any atom is -0.355 e. The van der Waals surface area contributed by atoms with Crippen molar-refractivity contribution in [3.63, 3.8) is 0 Å². The summed E-state index contributed by atoms with van der Waals surface area (Å²) < 4.78 is 16.1. The number of amidine groups is 1. The molecule has 1 atom stereocenters. The molecule has 160 valence electrons. The third-order valence-electron chi connectivity index (χ3n) is 5.45. The van der Waals surface area contributed by atoms with E-state index in [1.54, 1.807) is 11.0 Å². The Morgan fingerprint density at radius 1 is 1.06 bits per heavy atom. The van der Waals surface area contributed by atoms with Gasteiger partial charge in [-0.25, -0.2) is 4.39 Å². The molecule has 4 aromatic rings. The largest absolute Gasteiger partial charge is 0.355 e. The summed E-state index contributed by atoms with van der Waals surface area (Å²) in [5, 5.41) is 18.0. The molecular formula is C23H23ClFN5O. The van der Waals surface area contributed by atoms with Gasteiger partial charge in [-0.05, 0) is 48.0 Å². The smallest absolute Gasteiger partial charge is 0.226 e. The maximum atomic E-state index is 14.1. The number of hydrogen-bond donors (Lipinski definition) is 3. The van der Waals surface area contributed by atoms with E-state index in [0.717, 1.165) is 28.3 Å². The van der Waals surface area contributed by atoms with Crippen molar-refractivity contribution in [2.24, 2.45) is 10.8 Å². The Balaban J connectivity index is 0.00000231. The molecule has 0 spiro atoms. The monoisotopic (exact) mass is 439 g/mol. The summed E-state index contributed by atoms with van der Waals surface area (Å²) in [5.74, 6) is 0.251. The molecule has 1 aromatic heterocycles. The first-order valence-corrected chi connectivity index (χ1v) is 9.94. The minimum absolute atomic E-state index is 0. The van der Waals surface area contributed by atoms with E-state index >= 15 is 0 Å². The average molecular weight is 440 g/mol. The molecule has 0 fully saturated rings. The summed E-state index contributed by atoms with van der Waals surface area (Å²) in [4.78, 5) is 1.70. The predicted molar refractivity (Wildman–Crippen MR) is 125 cm³/mol. The van der Waals surface area contributed by atoms with Gasteiger partial charge in [0.25, 0.3) is 0 Å². The number of halogens is 2. The van der Waals surface area contributed by atoms with Crippen molar-refractivity contribution in [1.82, 2.24) is 9.99 Å². The number of benzene rings is 3. The second-order valence-corrected chi connectivity index (χ2v) is 7.38. The minimum atomic E-state index is -1.05. The quantitative estimate of drug-likeness (QED) is 0.442. The Morgan fingerprint density at radius 2 is 1.87 bits per heavy atom. The van der Waals surface area contributed by atoms with E-state index in [1.807, 2.05) is 53.2 Å². The number of hydrogen-bond acceptors (Lipinski definition) is 5. The number of nitrogens with one attached hydrogen (secondary N) is 1. The first-order valence-electron chi connectivity index (χ1n) is 9.94. The fraction of sp³-hybridized carbons (Fsp3) is 0.174. The van der Waals surface area contributed by atoms with Crippen molar-refractivity contribution in [2.75, 3.05) is 11.4 Å². The van der Waals surface area contributed by atoms with Gasteiger partial charge in [-0.15, -0.1) is 12.4 Å². The SMILES string of the molecule is Cl.NCCCn1cc(N2C(c3ccc4ccccc4c3)=NNC2O)c2cc(F)ccc21. The summed E-state index contributed by atoms with van der Waals surface area (Å²) in [5.41, 5.74) is 10.9. The molecule has 0 bridgehead atoms. The van der Waals surface area contributed by atoms with Gasteiger partial charge in [0.05, 0.1) is 11.2 Å². The lowest BCUT2D eigenvalue weighted by Crippen LogP contribution is -2.40. The van der Waals surface area contributed by atoms with E-state index in [0.29, 0.717) is 30.0 Å². The fourth-order valence-electron chi connectivity index (χ4n) is 4.01. The standard InChI is InChI=1S/C23H22FN5O.ClH/c24-18-8-9-20-19(13-18)21(14-28(20)11-3-10-25)29-22(26-27-23(29)30)17-7-6-15-4-1-2-5-16(15)12-17;/h1-2,4-9,12-14,23,27,30H,3,10-11,25H2;1H.